The molecule has 0 aromatic carbocycles. The van der Waals surface area contributed by atoms with Crippen molar-refractivity contribution in [3.8, 4) is 0 Å². The normalized spacial score (nSPS) is 20.8. The lowest BCUT2D eigenvalue weighted by molar-refractivity contribution is -0.144. The van der Waals surface area contributed by atoms with Crippen molar-refractivity contribution in [1.29, 1.82) is 0 Å². The summed E-state index contributed by atoms with van der Waals surface area (Å²) in [5.41, 5.74) is 0.845. The number of carbonyl (C=O) groups excluding carboxylic acids is 1. The zero-order valence-corrected chi connectivity index (χ0v) is 12.4. The van der Waals surface area contributed by atoms with Crippen LogP contribution >= 0.6 is 0 Å². The van der Waals surface area contributed by atoms with Crippen molar-refractivity contribution >= 4 is 17.7 Å². The van der Waals surface area contributed by atoms with Crippen LogP contribution in [0.3, 0.4) is 0 Å². The average Bonchev–Trinajstić information content (AvgIpc) is 2.46. The molecule has 1 aromatic rings. The number of aryl methyl sites for hydroxylation is 1. The summed E-state index contributed by atoms with van der Waals surface area (Å²) in [4.78, 5) is 29.4. The van der Waals surface area contributed by atoms with E-state index in [0.29, 0.717) is 12.4 Å². The van der Waals surface area contributed by atoms with Crippen LogP contribution in [-0.4, -0.2) is 46.0 Å². The van der Waals surface area contributed by atoms with Crippen molar-refractivity contribution in [2.45, 2.75) is 32.7 Å². The number of aliphatic carboxylic acids is 1. The molecule has 0 bridgehead atoms. The third-order valence-electron chi connectivity index (χ3n) is 3.87. The second-order valence-corrected chi connectivity index (χ2v) is 5.50. The van der Waals surface area contributed by atoms with Gasteiger partial charge in [0.2, 0.25) is 5.91 Å². The van der Waals surface area contributed by atoms with E-state index in [-0.39, 0.29) is 11.8 Å². The molecule has 0 aliphatic carbocycles. The fourth-order valence-corrected chi connectivity index (χ4v) is 2.57. The third-order valence-corrected chi connectivity index (χ3v) is 3.87. The Morgan fingerprint density at radius 1 is 1.48 bits per heavy atom. The Morgan fingerprint density at radius 2 is 2.24 bits per heavy atom. The Labute approximate surface area is 124 Å². The maximum absolute atomic E-state index is 12.3. The minimum Gasteiger partial charge on any atom is -0.480 e. The molecule has 1 saturated heterocycles. The summed E-state index contributed by atoms with van der Waals surface area (Å²) in [7, 11) is 0. The molecule has 0 spiro atoms. The molecule has 2 rings (SSSR count). The Morgan fingerprint density at radius 3 is 2.90 bits per heavy atom. The monoisotopic (exact) mass is 291 g/mol. The third kappa shape index (κ3) is 4.01. The molecule has 2 atom stereocenters. The minimum absolute atomic E-state index is 0.0876. The van der Waals surface area contributed by atoms with Crippen molar-refractivity contribution in [2.75, 3.05) is 18.4 Å². The van der Waals surface area contributed by atoms with Gasteiger partial charge in [0.05, 0.1) is 5.92 Å². The molecule has 1 fully saturated rings. The van der Waals surface area contributed by atoms with Crippen molar-refractivity contribution in [2.24, 2.45) is 5.92 Å². The van der Waals surface area contributed by atoms with E-state index in [1.54, 1.807) is 13.0 Å². The molecule has 114 valence electrons. The number of aromatic nitrogens is 1. The number of likely N-dealkylation sites (tertiary alicyclic amines) is 1. The second-order valence-electron chi connectivity index (χ2n) is 5.50. The highest BCUT2D eigenvalue weighted by molar-refractivity contribution is 5.92. The largest absolute Gasteiger partial charge is 0.480 e. The fraction of sp³-hybridized carbons (Fsp3) is 0.533. The van der Waals surface area contributed by atoms with Crippen molar-refractivity contribution < 1.29 is 14.7 Å². The zero-order valence-electron chi connectivity index (χ0n) is 12.4. The van der Waals surface area contributed by atoms with E-state index in [0.717, 1.165) is 25.1 Å². The van der Waals surface area contributed by atoms with Gasteiger partial charge in [0.15, 0.2) is 0 Å². The lowest BCUT2D eigenvalue weighted by Crippen LogP contribution is -2.47. The first kappa shape index (κ1) is 15.4. The van der Waals surface area contributed by atoms with E-state index in [1.807, 2.05) is 24.0 Å². The van der Waals surface area contributed by atoms with Gasteiger partial charge in [-0.3, -0.25) is 14.5 Å². The predicted molar refractivity (Wildman–Crippen MR) is 79.0 cm³/mol. The Hall–Kier alpha value is -1.95. The van der Waals surface area contributed by atoms with Crippen LogP contribution in [0.15, 0.2) is 18.2 Å². The van der Waals surface area contributed by atoms with Gasteiger partial charge in [-0.05, 0) is 45.4 Å². The number of amides is 1. The van der Waals surface area contributed by atoms with Crippen LogP contribution in [0.25, 0.3) is 0 Å². The number of piperidine rings is 1. The van der Waals surface area contributed by atoms with Gasteiger partial charge >= 0.3 is 5.97 Å². The highest BCUT2D eigenvalue weighted by atomic mass is 16.4. The van der Waals surface area contributed by atoms with Gasteiger partial charge in [-0.25, -0.2) is 4.98 Å². The van der Waals surface area contributed by atoms with Crippen LogP contribution < -0.4 is 5.32 Å². The Kier molecular flexibility index (Phi) is 4.90. The van der Waals surface area contributed by atoms with Gasteiger partial charge in [-0.15, -0.1) is 0 Å². The van der Waals surface area contributed by atoms with Crippen LogP contribution in [0.4, 0.5) is 5.82 Å². The van der Waals surface area contributed by atoms with Gasteiger partial charge < -0.3 is 10.4 Å². The molecule has 1 aromatic heterocycles. The van der Waals surface area contributed by atoms with E-state index < -0.39 is 12.0 Å². The standard InChI is InChI=1S/C15H21N3O3/c1-10-5-3-7-13(16-10)17-14(19)12-6-4-8-18(9-12)11(2)15(20)21/h3,5,7,11-12H,4,6,8-9H2,1-2H3,(H,20,21)(H,16,17,19). The van der Waals surface area contributed by atoms with Crippen molar-refractivity contribution in [1.82, 2.24) is 9.88 Å². The van der Waals surface area contributed by atoms with Gasteiger partial charge in [0.25, 0.3) is 0 Å². The second kappa shape index (κ2) is 6.67. The van der Waals surface area contributed by atoms with E-state index in [9.17, 15) is 9.59 Å². The van der Waals surface area contributed by atoms with E-state index in [4.69, 9.17) is 5.11 Å². The number of nitrogens with zero attached hydrogens (tertiary/aromatic N) is 2. The first-order chi connectivity index (χ1) is 9.97. The zero-order chi connectivity index (χ0) is 15.4. The molecule has 1 aliphatic heterocycles. The number of pyridine rings is 1. The number of anilines is 1. The number of hydrogen-bond acceptors (Lipinski definition) is 4. The maximum Gasteiger partial charge on any atom is 0.320 e. The summed E-state index contributed by atoms with van der Waals surface area (Å²) in [6.45, 7) is 4.72. The van der Waals surface area contributed by atoms with Crippen LogP contribution in [0.2, 0.25) is 0 Å². The molecular weight excluding hydrogens is 270 g/mol. The smallest absolute Gasteiger partial charge is 0.320 e. The van der Waals surface area contributed by atoms with Crippen LogP contribution in [0.1, 0.15) is 25.5 Å². The lowest BCUT2D eigenvalue weighted by atomic mass is 9.96. The SMILES string of the molecule is Cc1cccc(NC(=O)C2CCCN(C(C)C(=O)O)C2)n1. The summed E-state index contributed by atoms with van der Waals surface area (Å²) in [5, 5.41) is 11.9. The highest BCUT2D eigenvalue weighted by Crippen LogP contribution is 2.20. The number of rotatable bonds is 4. The minimum atomic E-state index is -0.851. The van der Waals surface area contributed by atoms with Crippen LogP contribution in [0, 0.1) is 12.8 Å². The molecule has 0 radical (unpaired) electrons. The molecule has 2 N–H and O–H groups in total. The van der Waals surface area contributed by atoms with E-state index >= 15 is 0 Å². The number of hydrogen-bond donors (Lipinski definition) is 2. The predicted octanol–water partition coefficient (Wildman–Crippen LogP) is 1.51. The number of nitrogens with one attached hydrogen (secondary N) is 1. The summed E-state index contributed by atoms with van der Waals surface area (Å²) in [6, 6.07) is 4.91. The van der Waals surface area contributed by atoms with Crippen molar-refractivity contribution in [3.63, 3.8) is 0 Å². The topological polar surface area (TPSA) is 82.5 Å². The van der Waals surface area contributed by atoms with Crippen LogP contribution in [0.5, 0.6) is 0 Å². The molecule has 1 aliphatic rings. The highest BCUT2D eigenvalue weighted by Gasteiger charge is 2.30. The quantitative estimate of drug-likeness (QED) is 0.878. The maximum atomic E-state index is 12.3. The van der Waals surface area contributed by atoms with E-state index in [1.165, 1.54) is 0 Å². The lowest BCUT2D eigenvalue weighted by Gasteiger charge is -2.34. The average molecular weight is 291 g/mol. The first-order valence-electron chi connectivity index (χ1n) is 7.18. The molecule has 6 heteroatoms. The summed E-state index contributed by atoms with van der Waals surface area (Å²) >= 11 is 0. The van der Waals surface area contributed by atoms with Gasteiger partial charge in [-0.2, -0.15) is 0 Å². The Balaban J connectivity index is 1.97. The Bertz CT molecular complexity index is 533. The molecule has 6 nitrogen and oxygen atoms in total. The fourth-order valence-electron chi connectivity index (χ4n) is 2.57. The summed E-state index contributed by atoms with van der Waals surface area (Å²) in [6.07, 6.45) is 1.61. The summed E-state index contributed by atoms with van der Waals surface area (Å²) in [5.74, 6) is -0.585. The first-order valence-corrected chi connectivity index (χ1v) is 7.18. The van der Waals surface area contributed by atoms with Gasteiger partial charge in [0.1, 0.15) is 11.9 Å². The van der Waals surface area contributed by atoms with Crippen molar-refractivity contribution in [3.05, 3.63) is 23.9 Å². The molecular formula is C15H21N3O3. The number of carboxylic acid groups (broad SMARTS) is 1. The molecule has 0 saturated carbocycles. The summed E-state index contributed by atoms with van der Waals surface area (Å²) < 4.78 is 0. The number of carbonyl (C=O) groups is 2. The van der Waals surface area contributed by atoms with Gasteiger partial charge in [-0.1, -0.05) is 6.07 Å². The van der Waals surface area contributed by atoms with E-state index in [2.05, 4.69) is 10.3 Å². The van der Waals surface area contributed by atoms with Gasteiger partial charge in [0, 0.05) is 12.2 Å². The molecule has 21 heavy (non-hydrogen) atoms. The molecule has 2 unspecified atom stereocenters. The van der Waals surface area contributed by atoms with Crippen LogP contribution in [-0.2, 0) is 9.59 Å². The number of carboxylic acids is 1. The molecule has 1 amide bonds. The molecule has 2 heterocycles.